The van der Waals surface area contributed by atoms with Crippen LogP contribution in [-0.4, -0.2) is 29.4 Å². The first kappa shape index (κ1) is 12.1. The summed E-state index contributed by atoms with van der Waals surface area (Å²) >= 11 is 1.76. The van der Waals surface area contributed by atoms with E-state index in [0.29, 0.717) is 12.5 Å². The van der Waals surface area contributed by atoms with Gasteiger partial charge in [0.15, 0.2) is 0 Å². The lowest BCUT2D eigenvalue weighted by Gasteiger charge is -2.31. The molecule has 4 heteroatoms. The van der Waals surface area contributed by atoms with Crippen molar-refractivity contribution in [3.05, 3.63) is 29.8 Å². The van der Waals surface area contributed by atoms with Crippen LogP contribution in [0.25, 0.3) is 0 Å². The van der Waals surface area contributed by atoms with Gasteiger partial charge in [0.2, 0.25) is 5.91 Å². The molecular formula is C14H17NO2S. The number of nitrogens with one attached hydrogen (secondary N) is 1. The third-order valence-corrected chi connectivity index (χ3v) is 4.97. The highest BCUT2D eigenvalue weighted by Crippen LogP contribution is 2.39. The highest BCUT2D eigenvalue weighted by molar-refractivity contribution is 7.99. The van der Waals surface area contributed by atoms with Crippen molar-refractivity contribution in [1.29, 1.82) is 0 Å². The molecule has 1 heterocycles. The van der Waals surface area contributed by atoms with Crippen molar-refractivity contribution in [2.45, 2.75) is 29.8 Å². The zero-order valence-electron chi connectivity index (χ0n) is 10.1. The molecule has 1 fully saturated rings. The third kappa shape index (κ3) is 2.27. The van der Waals surface area contributed by atoms with Gasteiger partial charge in [-0.05, 0) is 30.4 Å². The van der Waals surface area contributed by atoms with Gasteiger partial charge in [-0.1, -0.05) is 18.2 Å². The van der Waals surface area contributed by atoms with Gasteiger partial charge in [0.25, 0.3) is 0 Å². The number of hydrogen-bond donors (Lipinski definition) is 2. The molecule has 0 aromatic heterocycles. The van der Waals surface area contributed by atoms with E-state index < -0.39 is 0 Å². The van der Waals surface area contributed by atoms with E-state index in [4.69, 9.17) is 0 Å². The standard InChI is InChI=1S/C14H17NO2S/c16-10-5-9(6-10)7-15-14(17)12-8-18-13-4-2-1-3-11(12)13/h1-4,9-10,12,16H,5-8H2,(H,15,17). The molecule has 1 saturated carbocycles. The van der Waals surface area contributed by atoms with Gasteiger partial charge in [0, 0.05) is 17.2 Å². The average molecular weight is 263 g/mol. The van der Waals surface area contributed by atoms with Crippen LogP contribution in [0.5, 0.6) is 0 Å². The Kier molecular flexibility index (Phi) is 3.31. The van der Waals surface area contributed by atoms with Crippen LogP contribution in [-0.2, 0) is 4.79 Å². The van der Waals surface area contributed by atoms with Crippen LogP contribution in [0.4, 0.5) is 0 Å². The maximum Gasteiger partial charge on any atom is 0.228 e. The molecule has 1 aromatic rings. The summed E-state index contributed by atoms with van der Waals surface area (Å²) in [5, 5.41) is 12.2. The second kappa shape index (κ2) is 4.94. The zero-order chi connectivity index (χ0) is 12.5. The van der Waals surface area contributed by atoms with Gasteiger partial charge in [-0.25, -0.2) is 0 Å². The Morgan fingerprint density at radius 2 is 2.17 bits per heavy atom. The molecule has 1 aromatic carbocycles. The molecule has 0 bridgehead atoms. The number of thioether (sulfide) groups is 1. The van der Waals surface area contributed by atoms with Crippen molar-refractivity contribution in [3.8, 4) is 0 Å². The lowest BCUT2D eigenvalue weighted by molar-refractivity contribution is -0.122. The predicted octanol–water partition coefficient (Wildman–Crippen LogP) is 1.76. The fourth-order valence-electron chi connectivity index (χ4n) is 2.61. The van der Waals surface area contributed by atoms with Crippen LogP contribution in [0, 0.1) is 5.92 Å². The lowest BCUT2D eigenvalue weighted by atomic mass is 9.82. The minimum Gasteiger partial charge on any atom is -0.393 e. The van der Waals surface area contributed by atoms with Crippen molar-refractivity contribution in [3.63, 3.8) is 0 Å². The van der Waals surface area contributed by atoms with Crippen LogP contribution in [0.1, 0.15) is 24.3 Å². The summed E-state index contributed by atoms with van der Waals surface area (Å²) in [5.74, 6) is 1.44. The summed E-state index contributed by atoms with van der Waals surface area (Å²) in [4.78, 5) is 13.4. The van der Waals surface area contributed by atoms with Gasteiger partial charge in [-0.2, -0.15) is 0 Å². The maximum absolute atomic E-state index is 12.1. The van der Waals surface area contributed by atoms with Crippen LogP contribution >= 0.6 is 11.8 Å². The second-order valence-electron chi connectivity index (χ2n) is 5.14. The molecule has 1 atom stereocenters. The molecule has 18 heavy (non-hydrogen) atoms. The molecule has 1 aliphatic heterocycles. The first-order valence-electron chi connectivity index (χ1n) is 6.41. The summed E-state index contributed by atoms with van der Waals surface area (Å²) in [6.45, 7) is 0.708. The Bertz CT molecular complexity index is 457. The smallest absolute Gasteiger partial charge is 0.228 e. The second-order valence-corrected chi connectivity index (χ2v) is 6.20. The van der Waals surface area contributed by atoms with Gasteiger partial charge >= 0.3 is 0 Å². The minimum absolute atomic E-state index is 0.00352. The molecule has 96 valence electrons. The summed E-state index contributed by atoms with van der Waals surface area (Å²) in [5.41, 5.74) is 1.16. The fraction of sp³-hybridized carbons (Fsp3) is 0.500. The van der Waals surface area contributed by atoms with Crippen molar-refractivity contribution in [2.24, 2.45) is 5.92 Å². The van der Waals surface area contributed by atoms with Crippen molar-refractivity contribution in [2.75, 3.05) is 12.3 Å². The molecule has 1 aliphatic carbocycles. The van der Waals surface area contributed by atoms with Gasteiger partial charge in [-0.15, -0.1) is 11.8 Å². The Balaban J connectivity index is 1.57. The molecule has 1 amide bonds. The van der Waals surface area contributed by atoms with E-state index in [-0.39, 0.29) is 17.9 Å². The lowest BCUT2D eigenvalue weighted by Crippen LogP contribution is -2.40. The topological polar surface area (TPSA) is 49.3 Å². The normalized spacial score (nSPS) is 29.5. The fourth-order valence-corrected chi connectivity index (χ4v) is 3.84. The highest BCUT2D eigenvalue weighted by Gasteiger charge is 2.31. The maximum atomic E-state index is 12.1. The predicted molar refractivity (Wildman–Crippen MR) is 71.6 cm³/mol. The largest absolute Gasteiger partial charge is 0.393 e. The summed E-state index contributed by atoms with van der Waals surface area (Å²) in [6.07, 6.45) is 1.52. The van der Waals surface area contributed by atoms with Gasteiger partial charge < -0.3 is 10.4 Å². The van der Waals surface area contributed by atoms with Crippen molar-refractivity contribution in [1.82, 2.24) is 5.32 Å². The van der Waals surface area contributed by atoms with E-state index in [1.165, 1.54) is 4.90 Å². The molecule has 0 radical (unpaired) electrons. The van der Waals surface area contributed by atoms with E-state index in [0.717, 1.165) is 24.2 Å². The van der Waals surface area contributed by atoms with E-state index >= 15 is 0 Å². The Labute approximate surface area is 111 Å². The minimum atomic E-state index is -0.144. The molecule has 3 rings (SSSR count). The van der Waals surface area contributed by atoms with Gasteiger partial charge in [0.1, 0.15) is 0 Å². The summed E-state index contributed by atoms with van der Waals surface area (Å²) < 4.78 is 0. The SMILES string of the molecule is O=C(NCC1CC(O)C1)C1CSc2ccccc21. The molecule has 1 unspecified atom stereocenters. The number of benzene rings is 1. The third-order valence-electron chi connectivity index (χ3n) is 3.79. The summed E-state index contributed by atoms with van der Waals surface area (Å²) in [7, 11) is 0. The van der Waals surface area contributed by atoms with E-state index in [9.17, 15) is 9.90 Å². The number of rotatable bonds is 3. The van der Waals surface area contributed by atoms with Crippen LogP contribution in [0.2, 0.25) is 0 Å². The monoisotopic (exact) mass is 263 g/mol. The van der Waals surface area contributed by atoms with Gasteiger partial charge in [-0.3, -0.25) is 4.79 Å². The molecular weight excluding hydrogens is 246 g/mol. The Morgan fingerprint density at radius 3 is 2.94 bits per heavy atom. The average Bonchev–Trinajstić information content (AvgIpc) is 2.76. The van der Waals surface area contributed by atoms with E-state index in [2.05, 4.69) is 11.4 Å². The molecule has 3 nitrogen and oxygen atoms in total. The number of fused-ring (bicyclic) bond motifs is 1. The number of aliphatic hydroxyl groups excluding tert-OH is 1. The van der Waals surface area contributed by atoms with Crippen LogP contribution < -0.4 is 5.32 Å². The Hall–Kier alpha value is -1.00. The van der Waals surface area contributed by atoms with E-state index in [1.807, 2.05) is 18.2 Å². The summed E-state index contributed by atoms with van der Waals surface area (Å²) in [6, 6.07) is 8.14. The van der Waals surface area contributed by atoms with Crippen molar-refractivity contribution < 1.29 is 9.90 Å². The van der Waals surface area contributed by atoms with Crippen molar-refractivity contribution >= 4 is 17.7 Å². The molecule has 2 aliphatic rings. The number of amides is 1. The first-order chi connectivity index (χ1) is 8.74. The number of aliphatic hydroxyl groups is 1. The van der Waals surface area contributed by atoms with Crippen LogP contribution in [0.15, 0.2) is 29.2 Å². The van der Waals surface area contributed by atoms with Gasteiger partial charge in [0.05, 0.1) is 12.0 Å². The number of hydrogen-bond acceptors (Lipinski definition) is 3. The molecule has 0 spiro atoms. The molecule has 2 N–H and O–H groups in total. The van der Waals surface area contributed by atoms with E-state index in [1.54, 1.807) is 11.8 Å². The van der Waals surface area contributed by atoms with Crippen LogP contribution in [0.3, 0.4) is 0 Å². The molecule has 0 saturated heterocycles. The zero-order valence-corrected chi connectivity index (χ0v) is 11.0. The number of carbonyl (C=O) groups is 1. The Morgan fingerprint density at radius 1 is 1.39 bits per heavy atom. The highest BCUT2D eigenvalue weighted by atomic mass is 32.2. The quantitative estimate of drug-likeness (QED) is 0.873. The number of carbonyl (C=O) groups excluding carboxylic acids is 1. The first-order valence-corrected chi connectivity index (χ1v) is 7.40.